The number of carbonyl (C=O) groups is 1. The number of hydrogen-bond donors (Lipinski definition) is 0. The van der Waals surface area contributed by atoms with Gasteiger partial charge in [0.1, 0.15) is 6.61 Å². The molecule has 0 bridgehead atoms. The number of fused-ring (bicyclic) bond motifs is 1. The van der Waals surface area contributed by atoms with Gasteiger partial charge in [-0.3, -0.25) is 0 Å². The first kappa shape index (κ1) is 14.0. The first-order chi connectivity index (χ1) is 10.7. The van der Waals surface area contributed by atoms with Crippen molar-refractivity contribution in [2.24, 2.45) is 7.05 Å². The van der Waals surface area contributed by atoms with Crippen LogP contribution in [0.25, 0.3) is 17.2 Å². The smallest absolute Gasteiger partial charge is 0.331 e. The summed E-state index contributed by atoms with van der Waals surface area (Å²) in [7, 11) is 1.90. The summed E-state index contributed by atoms with van der Waals surface area (Å²) in [5, 5.41) is 0. The van der Waals surface area contributed by atoms with Crippen molar-refractivity contribution in [3.63, 3.8) is 0 Å². The minimum absolute atomic E-state index is 0.267. The number of aryl methyl sites for hydroxylation is 1. The Bertz CT molecular complexity index is 822. The molecular weight excluding hydrogens is 278 g/mol. The second-order valence-electron chi connectivity index (χ2n) is 4.89. The van der Waals surface area contributed by atoms with Gasteiger partial charge in [0.15, 0.2) is 5.65 Å². The van der Waals surface area contributed by atoms with Crippen LogP contribution in [-0.2, 0) is 23.2 Å². The van der Waals surface area contributed by atoms with Crippen molar-refractivity contribution in [1.82, 2.24) is 14.5 Å². The Hall–Kier alpha value is -2.95. The minimum Gasteiger partial charge on any atom is -0.458 e. The van der Waals surface area contributed by atoms with Crippen molar-refractivity contribution < 1.29 is 9.53 Å². The molecule has 2 heterocycles. The molecule has 5 nitrogen and oxygen atoms in total. The molecule has 0 aliphatic rings. The molecule has 3 rings (SSSR count). The molecule has 0 aliphatic carbocycles. The number of rotatable bonds is 4. The zero-order chi connectivity index (χ0) is 15.4. The van der Waals surface area contributed by atoms with E-state index in [1.807, 2.05) is 48.0 Å². The molecule has 0 saturated carbocycles. The van der Waals surface area contributed by atoms with E-state index in [9.17, 15) is 4.79 Å². The van der Waals surface area contributed by atoms with Crippen molar-refractivity contribution >= 4 is 23.2 Å². The quantitative estimate of drug-likeness (QED) is 0.548. The summed E-state index contributed by atoms with van der Waals surface area (Å²) >= 11 is 0. The van der Waals surface area contributed by atoms with Crippen LogP contribution in [0.15, 0.2) is 55.0 Å². The highest BCUT2D eigenvalue weighted by Gasteiger charge is 2.02. The van der Waals surface area contributed by atoms with E-state index in [1.54, 1.807) is 18.6 Å². The average molecular weight is 293 g/mol. The van der Waals surface area contributed by atoms with Crippen molar-refractivity contribution in [2.75, 3.05) is 0 Å². The maximum Gasteiger partial charge on any atom is 0.331 e. The number of imidazole rings is 1. The highest BCUT2D eigenvalue weighted by molar-refractivity contribution is 5.87. The van der Waals surface area contributed by atoms with Crippen molar-refractivity contribution in [2.45, 2.75) is 6.61 Å². The Morgan fingerprint density at radius 1 is 1.27 bits per heavy atom. The third kappa shape index (κ3) is 3.20. The Morgan fingerprint density at radius 2 is 2.09 bits per heavy atom. The van der Waals surface area contributed by atoms with Crippen LogP contribution in [0, 0.1) is 0 Å². The van der Waals surface area contributed by atoms with Crippen LogP contribution < -0.4 is 0 Å². The van der Waals surface area contributed by atoms with Crippen LogP contribution in [0.4, 0.5) is 0 Å². The lowest BCUT2D eigenvalue weighted by atomic mass is 10.2. The summed E-state index contributed by atoms with van der Waals surface area (Å²) in [6.07, 6.45) is 6.48. The monoisotopic (exact) mass is 293 g/mol. The average Bonchev–Trinajstić information content (AvgIpc) is 2.93. The van der Waals surface area contributed by atoms with E-state index < -0.39 is 0 Å². The van der Waals surface area contributed by atoms with Gasteiger partial charge in [0, 0.05) is 19.3 Å². The topological polar surface area (TPSA) is 57.0 Å². The van der Waals surface area contributed by atoms with Crippen molar-refractivity contribution in [1.29, 1.82) is 0 Å². The molecule has 0 unspecified atom stereocenters. The Kier molecular flexibility index (Phi) is 3.96. The largest absolute Gasteiger partial charge is 0.458 e. The first-order valence-corrected chi connectivity index (χ1v) is 6.88. The molecular formula is C17H15N3O2. The summed E-state index contributed by atoms with van der Waals surface area (Å²) in [5.41, 5.74) is 3.39. The van der Waals surface area contributed by atoms with E-state index >= 15 is 0 Å². The van der Waals surface area contributed by atoms with Crippen LogP contribution in [0.1, 0.15) is 11.1 Å². The molecule has 0 N–H and O–H groups in total. The minimum atomic E-state index is -0.381. The molecule has 0 saturated heterocycles. The number of nitrogens with zero attached hydrogens (tertiary/aromatic N) is 3. The number of carbonyl (C=O) groups excluding carboxylic acids is 1. The van der Waals surface area contributed by atoms with Gasteiger partial charge >= 0.3 is 5.97 Å². The molecule has 0 radical (unpaired) electrons. The van der Waals surface area contributed by atoms with Gasteiger partial charge in [-0.2, -0.15) is 0 Å². The normalized spacial score (nSPS) is 11.1. The lowest BCUT2D eigenvalue weighted by Gasteiger charge is -2.01. The van der Waals surface area contributed by atoms with Crippen molar-refractivity contribution in [3.8, 4) is 0 Å². The molecule has 3 aromatic rings. The van der Waals surface area contributed by atoms with E-state index in [-0.39, 0.29) is 12.6 Å². The number of ether oxygens (including phenoxy) is 1. The Labute approximate surface area is 127 Å². The molecule has 1 aromatic carbocycles. The van der Waals surface area contributed by atoms with Crippen molar-refractivity contribution in [3.05, 3.63) is 66.1 Å². The van der Waals surface area contributed by atoms with Crippen LogP contribution in [0.3, 0.4) is 0 Å². The number of esters is 1. The van der Waals surface area contributed by atoms with Gasteiger partial charge in [-0.25, -0.2) is 14.8 Å². The van der Waals surface area contributed by atoms with Gasteiger partial charge in [0.05, 0.1) is 11.8 Å². The molecule has 0 aliphatic heterocycles. The maximum absolute atomic E-state index is 11.7. The van der Waals surface area contributed by atoms with E-state index in [4.69, 9.17) is 4.74 Å². The van der Waals surface area contributed by atoms with Crippen LogP contribution in [0.2, 0.25) is 0 Å². The fourth-order valence-electron chi connectivity index (χ4n) is 2.06. The van der Waals surface area contributed by atoms with Crippen LogP contribution >= 0.6 is 0 Å². The number of hydrogen-bond acceptors (Lipinski definition) is 4. The molecule has 0 spiro atoms. The first-order valence-electron chi connectivity index (χ1n) is 6.88. The summed E-state index contributed by atoms with van der Waals surface area (Å²) < 4.78 is 7.06. The fraction of sp³-hybridized carbons (Fsp3) is 0.118. The molecule has 0 fully saturated rings. The molecule has 2 aromatic heterocycles. The molecule has 0 amide bonds. The zero-order valence-corrected chi connectivity index (χ0v) is 12.1. The maximum atomic E-state index is 11.7. The van der Waals surface area contributed by atoms with Gasteiger partial charge < -0.3 is 9.30 Å². The SMILES string of the molecule is Cn1cnc2ncc(C=CC(=O)OCc3ccccc3)cc21. The van der Waals surface area contributed by atoms with Gasteiger partial charge in [-0.15, -0.1) is 0 Å². The number of benzene rings is 1. The zero-order valence-electron chi connectivity index (χ0n) is 12.1. The predicted molar refractivity (Wildman–Crippen MR) is 83.8 cm³/mol. The number of pyridine rings is 1. The van der Waals surface area contributed by atoms with E-state index in [2.05, 4.69) is 9.97 Å². The van der Waals surface area contributed by atoms with E-state index in [0.717, 1.165) is 16.6 Å². The summed E-state index contributed by atoms with van der Waals surface area (Å²) in [4.78, 5) is 20.1. The second kappa shape index (κ2) is 6.22. The standard InChI is InChI=1S/C17H15N3O2/c1-20-12-19-17-15(20)9-14(10-18-17)7-8-16(21)22-11-13-5-3-2-4-6-13/h2-10,12H,11H2,1H3. The highest BCUT2D eigenvalue weighted by Crippen LogP contribution is 2.12. The summed E-state index contributed by atoms with van der Waals surface area (Å²) in [6.45, 7) is 0.267. The van der Waals surface area contributed by atoms with E-state index in [0.29, 0.717) is 5.65 Å². The Balaban J connectivity index is 1.64. The van der Waals surface area contributed by atoms with Crippen LogP contribution in [0.5, 0.6) is 0 Å². The second-order valence-corrected chi connectivity index (χ2v) is 4.89. The van der Waals surface area contributed by atoms with Gasteiger partial charge in [-0.05, 0) is 23.3 Å². The molecule has 110 valence electrons. The van der Waals surface area contributed by atoms with E-state index in [1.165, 1.54) is 6.08 Å². The Morgan fingerprint density at radius 3 is 2.91 bits per heavy atom. The third-order valence-electron chi connectivity index (χ3n) is 3.24. The molecule has 22 heavy (non-hydrogen) atoms. The molecule has 5 heteroatoms. The third-order valence-corrected chi connectivity index (χ3v) is 3.24. The van der Waals surface area contributed by atoms with Crippen LogP contribution in [-0.4, -0.2) is 20.5 Å². The summed E-state index contributed by atoms with van der Waals surface area (Å²) in [5.74, 6) is -0.381. The van der Waals surface area contributed by atoms with Gasteiger partial charge in [-0.1, -0.05) is 30.3 Å². The van der Waals surface area contributed by atoms with Gasteiger partial charge in [0.25, 0.3) is 0 Å². The summed E-state index contributed by atoms with van der Waals surface area (Å²) in [6, 6.07) is 11.5. The predicted octanol–water partition coefficient (Wildman–Crippen LogP) is 2.72. The fourth-order valence-corrected chi connectivity index (χ4v) is 2.06. The lowest BCUT2D eigenvalue weighted by Crippen LogP contribution is -2.00. The molecule has 0 atom stereocenters. The number of aromatic nitrogens is 3. The van der Waals surface area contributed by atoms with Gasteiger partial charge in [0.2, 0.25) is 0 Å². The lowest BCUT2D eigenvalue weighted by molar-refractivity contribution is -0.138. The highest BCUT2D eigenvalue weighted by atomic mass is 16.5.